The highest BCUT2D eigenvalue weighted by Gasteiger charge is 2.41. The van der Waals surface area contributed by atoms with Crippen molar-refractivity contribution in [2.24, 2.45) is 5.41 Å². The first kappa shape index (κ1) is 16.3. The van der Waals surface area contributed by atoms with Gasteiger partial charge in [0.15, 0.2) is 0 Å². The lowest BCUT2D eigenvalue weighted by atomic mass is 9.75. The van der Waals surface area contributed by atoms with Crippen molar-refractivity contribution in [3.05, 3.63) is 33.4 Å². The molecular weight excluding hydrogens is 381 g/mol. The fourth-order valence-electron chi connectivity index (χ4n) is 2.96. The maximum atomic E-state index is 12.4. The fraction of sp³-hybridized carbons (Fsp3) is 0.500. The second kappa shape index (κ2) is 6.77. The number of rotatable bonds is 4. The van der Waals surface area contributed by atoms with Crippen LogP contribution in [0.3, 0.4) is 0 Å². The molecule has 1 aromatic carbocycles. The third-order valence-corrected chi connectivity index (χ3v) is 5.00. The number of aliphatic carboxylic acids is 1. The first-order valence-electron chi connectivity index (χ1n) is 7.27. The predicted octanol–water partition coefficient (Wildman–Crippen LogP) is 3.40. The Morgan fingerprint density at radius 3 is 2.29 bits per heavy atom. The number of amides is 1. The van der Waals surface area contributed by atoms with E-state index in [1.165, 1.54) is 0 Å². The molecule has 0 aliphatic carbocycles. The number of carboxylic acids is 1. The van der Waals surface area contributed by atoms with Crippen molar-refractivity contribution in [2.75, 3.05) is 13.1 Å². The van der Waals surface area contributed by atoms with Gasteiger partial charge in [-0.1, -0.05) is 13.3 Å². The molecule has 1 saturated heterocycles. The first-order chi connectivity index (χ1) is 9.98. The standard InChI is InChI=1S/C16H20INO3/c1-2-7-16(15(20)21)8-10-18(11-9-16)14(19)12-3-5-13(17)6-4-12/h3-6H,2,7-11H2,1H3,(H,20,21). The molecule has 1 heterocycles. The molecule has 1 aliphatic heterocycles. The van der Waals surface area contributed by atoms with Gasteiger partial charge in [-0.2, -0.15) is 0 Å². The summed E-state index contributed by atoms with van der Waals surface area (Å²) >= 11 is 2.21. The molecular formula is C16H20INO3. The minimum absolute atomic E-state index is 0.00175. The van der Waals surface area contributed by atoms with Crippen LogP contribution in [0.15, 0.2) is 24.3 Å². The zero-order valence-corrected chi connectivity index (χ0v) is 14.3. The van der Waals surface area contributed by atoms with Gasteiger partial charge < -0.3 is 10.0 Å². The Kier molecular flexibility index (Phi) is 5.24. The van der Waals surface area contributed by atoms with Gasteiger partial charge in [0.2, 0.25) is 0 Å². The van der Waals surface area contributed by atoms with Crippen LogP contribution in [0.4, 0.5) is 0 Å². The highest BCUT2D eigenvalue weighted by molar-refractivity contribution is 14.1. The minimum Gasteiger partial charge on any atom is -0.481 e. The molecule has 0 bridgehead atoms. The fourth-order valence-corrected chi connectivity index (χ4v) is 3.32. The Labute approximate surface area is 138 Å². The minimum atomic E-state index is -0.717. The van der Waals surface area contributed by atoms with E-state index in [4.69, 9.17) is 0 Å². The van der Waals surface area contributed by atoms with E-state index in [-0.39, 0.29) is 5.91 Å². The van der Waals surface area contributed by atoms with Crippen molar-refractivity contribution < 1.29 is 14.7 Å². The number of nitrogens with zero attached hydrogens (tertiary/aromatic N) is 1. The molecule has 1 aromatic rings. The van der Waals surface area contributed by atoms with E-state index in [1.807, 2.05) is 31.2 Å². The van der Waals surface area contributed by atoms with Crippen molar-refractivity contribution >= 4 is 34.5 Å². The van der Waals surface area contributed by atoms with Crippen LogP contribution in [0, 0.1) is 8.99 Å². The second-order valence-corrected chi connectivity index (χ2v) is 6.88. The maximum absolute atomic E-state index is 12.4. The van der Waals surface area contributed by atoms with Crippen LogP contribution < -0.4 is 0 Å². The molecule has 2 rings (SSSR count). The number of hydrogen-bond acceptors (Lipinski definition) is 2. The molecule has 5 heteroatoms. The zero-order valence-electron chi connectivity index (χ0n) is 12.1. The molecule has 1 fully saturated rings. The van der Waals surface area contributed by atoms with Crippen LogP contribution in [-0.2, 0) is 4.79 Å². The SMILES string of the molecule is CCCC1(C(=O)O)CCN(C(=O)c2ccc(I)cc2)CC1. The van der Waals surface area contributed by atoms with Crippen LogP contribution in [0.5, 0.6) is 0 Å². The highest BCUT2D eigenvalue weighted by atomic mass is 127. The monoisotopic (exact) mass is 401 g/mol. The van der Waals surface area contributed by atoms with Crippen LogP contribution >= 0.6 is 22.6 Å². The molecule has 4 nitrogen and oxygen atoms in total. The van der Waals surface area contributed by atoms with Gasteiger partial charge in [-0.05, 0) is 66.1 Å². The number of benzene rings is 1. The third-order valence-electron chi connectivity index (χ3n) is 4.28. The molecule has 21 heavy (non-hydrogen) atoms. The average molecular weight is 401 g/mol. The molecule has 114 valence electrons. The summed E-state index contributed by atoms with van der Waals surface area (Å²) in [6.45, 7) is 3.06. The summed E-state index contributed by atoms with van der Waals surface area (Å²) in [5, 5.41) is 9.49. The predicted molar refractivity (Wildman–Crippen MR) is 89.3 cm³/mol. The van der Waals surface area contributed by atoms with Gasteiger partial charge in [-0.3, -0.25) is 9.59 Å². The quantitative estimate of drug-likeness (QED) is 0.787. The smallest absolute Gasteiger partial charge is 0.309 e. The summed E-state index contributed by atoms with van der Waals surface area (Å²) in [7, 11) is 0. The average Bonchev–Trinajstić information content (AvgIpc) is 2.48. The molecule has 0 atom stereocenters. The zero-order chi connectivity index (χ0) is 15.5. The Hall–Kier alpha value is -1.11. The number of likely N-dealkylation sites (tertiary alicyclic amines) is 1. The topological polar surface area (TPSA) is 57.6 Å². The summed E-state index contributed by atoms with van der Waals surface area (Å²) in [5.41, 5.74) is 0.0335. The van der Waals surface area contributed by atoms with E-state index in [9.17, 15) is 14.7 Å². The Bertz CT molecular complexity index is 519. The van der Waals surface area contributed by atoms with Gasteiger partial charge in [0.25, 0.3) is 5.91 Å². The molecule has 0 unspecified atom stereocenters. The van der Waals surface area contributed by atoms with E-state index in [0.717, 1.165) is 9.99 Å². The molecule has 0 radical (unpaired) electrons. The normalized spacial score (nSPS) is 17.5. The number of carbonyl (C=O) groups is 2. The molecule has 0 aromatic heterocycles. The lowest BCUT2D eigenvalue weighted by Gasteiger charge is -2.38. The van der Waals surface area contributed by atoms with E-state index in [0.29, 0.717) is 37.9 Å². The van der Waals surface area contributed by atoms with E-state index < -0.39 is 11.4 Å². The lowest BCUT2D eigenvalue weighted by molar-refractivity contribution is -0.152. The third kappa shape index (κ3) is 3.56. The lowest BCUT2D eigenvalue weighted by Crippen LogP contribution is -2.46. The summed E-state index contributed by atoms with van der Waals surface area (Å²) in [4.78, 5) is 25.7. The number of piperidine rings is 1. The Morgan fingerprint density at radius 2 is 1.81 bits per heavy atom. The van der Waals surface area contributed by atoms with E-state index >= 15 is 0 Å². The number of hydrogen-bond donors (Lipinski definition) is 1. The van der Waals surface area contributed by atoms with Crippen molar-refractivity contribution in [3.63, 3.8) is 0 Å². The first-order valence-corrected chi connectivity index (χ1v) is 8.34. The van der Waals surface area contributed by atoms with Crippen molar-refractivity contribution in [1.82, 2.24) is 4.90 Å². The number of halogens is 1. The summed E-state index contributed by atoms with van der Waals surface area (Å²) in [6.07, 6.45) is 2.64. The largest absolute Gasteiger partial charge is 0.481 e. The maximum Gasteiger partial charge on any atom is 0.309 e. The number of carboxylic acid groups (broad SMARTS) is 1. The van der Waals surface area contributed by atoms with Gasteiger partial charge in [-0.15, -0.1) is 0 Å². The molecule has 1 amide bonds. The van der Waals surface area contributed by atoms with Crippen molar-refractivity contribution in [3.8, 4) is 0 Å². The van der Waals surface area contributed by atoms with Crippen LogP contribution in [0.25, 0.3) is 0 Å². The van der Waals surface area contributed by atoms with Crippen molar-refractivity contribution in [2.45, 2.75) is 32.6 Å². The molecule has 1 aliphatic rings. The summed E-state index contributed by atoms with van der Waals surface area (Å²) < 4.78 is 1.09. The van der Waals surface area contributed by atoms with Gasteiger partial charge in [0, 0.05) is 22.2 Å². The Balaban J connectivity index is 2.04. The molecule has 0 saturated carbocycles. The van der Waals surface area contributed by atoms with Gasteiger partial charge in [0.1, 0.15) is 0 Å². The van der Waals surface area contributed by atoms with Crippen LogP contribution in [0.2, 0.25) is 0 Å². The summed E-state index contributed by atoms with van der Waals surface area (Å²) in [6, 6.07) is 7.48. The van der Waals surface area contributed by atoms with Crippen LogP contribution in [0.1, 0.15) is 43.0 Å². The van der Waals surface area contributed by atoms with Crippen LogP contribution in [-0.4, -0.2) is 35.0 Å². The summed E-state index contributed by atoms with van der Waals surface area (Å²) in [5.74, 6) is -0.715. The van der Waals surface area contributed by atoms with Gasteiger partial charge in [-0.25, -0.2) is 0 Å². The highest BCUT2D eigenvalue weighted by Crippen LogP contribution is 2.36. The van der Waals surface area contributed by atoms with Gasteiger partial charge >= 0.3 is 5.97 Å². The second-order valence-electron chi connectivity index (χ2n) is 5.63. The number of carbonyl (C=O) groups excluding carboxylic acids is 1. The molecule has 0 spiro atoms. The van der Waals surface area contributed by atoms with Gasteiger partial charge in [0.05, 0.1) is 5.41 Å². The Morgan fingerprint density at radius 1 is 1.24 bits per heavy atom. The molecule has 1 N–H and O–H groups in total. The van der Waals surface area contributed by atoms with Crippen molar-refractivity contribution in [1.29, 1.82) is 0 Å². The van der Waals surface area contributed by atoms with E-state index in [1.54, 1.807) is 4.90 Å². The van der Waals surface area contributed by atoms with E-state index in [2.05, 4.69) is 22.6 Å².